The summed E-state index contributed by atoms with van der Waals surface area (Å²) < 4.78 is 40.1. The molecule has 4 rings (SSSR count). The topological polar surface area (TPSA) is 56.3 Å². The molecule has 152 valence electrons. The number of piperidine rings is 1. The molecular formula is C22H21F3N2O2. The monoisotopic (exact) mass is 402 g/mol. The highest BCUT2D eigenvalue weighted by Gasteiger charge is 2.33. The first kappa shape index (κ1) is 19.5. The molecule has 29 heavy (non-hydrogen) atoms. The van der Waals surface area contributed by atoms with E-state index in [4.69, 9.17) is 0 Å². The lowest BCUT2D eigenvalue weighted by Gasteiger charge is -2.33. The van der Waals surface area contributed by atoms with Crippen LogP contribution in [0.3, 0.4) is 0 Å². The van der Waals surface area contributed by atoms with E-state index < -0.39 is 17.3 Å². The van der Waals surface area contributed by atoms with Gasteiger partial charge in [0.2, 0.25) is 0 Å². The number of aliphatic hydroxyl groups excluding tert-OH is 1. The lowest BCUT2D eigenvalue weighted by Crippen LogP contribution is -2.36. The van der Waals surface area contributed by atoms with Crippen LogP contribution < -0.4 is 10.5 Å². The van der Waals surface area contributed by atoms with Crippen molar-refractivity contribution < 1.29 is 18.3 Å². The first-order valence-electron chi connectivity index (χ1n) is 9.56. The van der Waals surface area contributed by atoms with Crippen LogP contribution in [-0.2, 0) is 6.18 Å². The standard InChI is InChI=1S/C22H21F3N2O2/c23-22(24,25)19-6-2-1-5-17(19)20-10-15-7-8-16(11-18(15)21(29)26-20)27-9-3-4-14(12-27)13-28/h1-2,5-8,10-11,14,28H,3-4,9,12-13H2,(H,26,29). The van der Waals surface area contributed by atoms with Crippen molar-refractivity contribution in [1.29, 1.82) is 0 Å². The van der Waals surface area contributed by atoms with Gasteiger partial charge in [-0.1, -0.05) is 24.3 Å². The van der Waals surface area contributed by atoms with E-state index in [9.17, 15) is 23.1 Å². The van der Waals surface area contributed by atoms with Gasteiger partial charge in [-0.3, -0.25) is 4.79 Å². The summed E-state index contributed by atoms with van der Waals surface area (Å²) in [6.45, 7) is 1.69. The molecule has 0 radical (unpaired) electrons. The number of halogens is 3. The van der Waals surface area contributed by atoms with Crippen molar-refractivity contribution in [2.75, 3.05) is 24.6 Å². The highest BCUT2D eigenvalue weighted by Crippen LogP contribution is 2.36. The average Bonchev–Trinajstić information content (AvgIpc) is 2.73. The molecule has 3 aromatic rings. The third kappa shape index (κ3) is 3.87. The summed E-state index contributed by atoms with van der Waals surface area (Å²) in [5.41, 5.74) is -0.238. The molecule has 0 spiro atoms. The second-order valence-electron chi connectivity index (χ2n) is 7.46. The largest absolute Gasteiger partial charge is 0.417 e. The summed E-state index contributed by atoms with van der Waals surface area (Å²) in [5.74, 6) is 0.207. The van der Waals surface area contributed by atoms with E-state index in [1.807, 2.05) is 6.07 Å². The maximum Gasteiger partial charge on any atom is 0.417 e. The van der Waals surface area contributed by atoms with Gasteiger partial charge < -0.3 is 15.0 Å². The Morgan fingerprint density at radius 2 is 1.93 bits per heavy atom. The molecule has 4 nitrogen and oxygen atoms in total. The molecule has 1 atom stereocenters. The van der Waals surface area contributed by atoms with Gasteiger partial charge in [0.1, 0.15) is 0 Å². The van der Waals surface area contributed by atoms with Crippen molar-refractivity contribution in [3.05, 3.63) is 64.4 Å². The molecule has 1 saturated heterocycles. The van der Waals surface area contributed by atoms with E-state index in [2.05, 4.69) is 9.88 Å². The van der Waals surface area contributed by atoms with Gasteiger partial charge in [0.15, 0.2) is 0 Å². The van der Waals surface area contributed by atoms with Crippen LogP contribution in [0.25, 0.3) is 22.0 Å². The van der Waals surface area contributed by atoms with E-state index in [1.165, 1.54) is 18.2 Å². The Morgan fingerprint density at radius 1 is 1.14 bits per heavy atom. The van der Waals surface area contributed by atoms with Crippen molar-refractivity contribution in [2.45, 2.75) is 19.0 Å². The number of anilines is 1. The second kappa shape index (κ2) is 7.55. The minimum atomic E-state index is -4.51. The van der Waals surface area contributed by atoms with Crippen LogP contribution in [0.15, 0.2) is 53.3 Å². The van der Waals surface area contributed by atoms with Gasteiger partial charge in [-0.2, -0.15) is 13.2 Å². The van der Waals surface area contributed by atoms with E-state index in [1.54, 1.807) is 18.2 Å². The first-order valence-corrected chi connectivity index (χ1v) is 9.56. The van der Waals surface area contributed by atoms with Crippen LogP contribution in [0.5, 0.6) is 0 Å². The molecule has 0 saturated carbocycles. The zero-order valence-corrected chi connectivity index (χ0v) is 15.7. The summed E-state index contributed by atoms with van der Waals surface area (Å²) in [4.78, 5) is 17.4. The van der Waals surface area contributed by atoms with E-state index in [0.717, 1.165) is 37.7 Å². The van der Waals surface area contributed by atoms with Gasteiger partial charge in [-0.05, 0) is 48.4 Å². The highest BCUT2D eigenvalue weighted by molar-refractivity contribution is 5.88. The summed E-state index contributed by atoms with van der Waals surface area (Å²) >= 11 is 0. The Bertz CT molecular complexity index is 1090. The van der Waals surface area contributed by atoms with Gasteiger partial charge in [0.25, 0.3) is 5.56 Å². The van der Waals surface area contributed by atoms with E-state index in [-0.39, 0.29) is 23.8 Å². The Hall–Kier alpha value is -2.80. The lowest BCUT2D eigenvalue weighted by atomic mass is 9.98. The SMILES string of the molecule is O=c1[nH]c(-c2ccccc2C(F)(F)F)cc2ccc(N3CCCC(CO)C3)cc12. The fourth-order valence-corrected chi connectivity index (χ4v) is 4.00. The third-order valence-corrected chi connectivity index (χ3v) is 5.49. The average molecular weight is 402 g/mol. The van der Waals surface area contributed by atoms with Crippen molar-refractivity contribution in [1.82, 2.24) is 4.98 Å². The molecule has 7 heteroatoms. The summed E-state index contributed by atoms with van der Waals surface area (Å²) in [6.07, 6.45) is -2.57. The molecule has 1 unspecified atom stereocenters. The molecule has 2 N–H and O–H groups in total. The number of hydrogen-bond acceptors (Lipinski definition) is 3. The fraction of sp³-hybridized carbons (Fsp3) is 0.318. The number of alkyl halides is 3. The van der Waals surface area contributed by atoms with Crippen LogP contribution >= 0.6 is 0 Å². The fourth-order valence-electron chi connectivity index (χ4n) is 4.00. The number of aromatic nitrogens is 1. The predicted molar refractivity (Wildman–Crippen MR) is 107 cm³/mol. The molecule has 0 bridgehead atoms. The van der Waals surface area contributed by atoms with Crippen molar-refractivity contribution in [3.8, 4) is 11.3 Å². The molecule has 2 heterocycles. The Labute approximate surface area is 165 Å². The van der Waals surface area contributed by atoms with Gasteiger partial charge in [-0.15, -0.1) is 0 Å². The number of benzene rings is 2. The summed E-state index contributed by atoms with van der Waals surface area (Å²) in [7, 11) is 0. The first-order chi connectivity index (χ1) is 13.9. The molecule has 2 aromatic carbocycles. The van der Waals surface area contributed by atoms with Gasteiger partial charge >= 0.3 is 6.18 Å². The number of rotatable bonds is 3. The second-order valence-corrected chi connectivity index (χ2v) is 7.46. The van der Waals surface area contributed by atoms with Crippen LogP contribution in [0, 0.1) is 5.92 Å². The zero-order valence-electron chi connectivity index (χ0n) is 15.7. The third-order valence-electron chi connectivity index (χ3n) is 5.49. The normalized spacial score (nSPS) is 17.7. The number of fused-ring (bicyclic) bond motifs is 1. The van der Waals surface area contributed by atoms with Gasteiger partial charge in [-0.25, -0.2) is 0 Å². The predicted octanol–water partition coefficient (Wildman–Crippen LogP) is 4.42. The number of nitrogens with zero attached hydrogens (tertiary/aromatic N) is 1. The smallest absolute Gasteiger partial charge is 0.396 e. The Kier molecular flexibility index (Phi) is 5.08. The number of nitrogens with one attached hydrogen (secondary N) is 1. The van der Waals surface area contributed by atoms with Gasteiger partial charge in [0.05, 0.1) is 5.56 Å². The number of aliphatic hydroxyl groups is 1. The maximum atomic E-state index is 13.4. The molecule has 1 aliphatic rings. The Morgan fingerprint density at radius 3 is 2.69 bits per heavy atom. The van der Waals surface area contributed by atoms with Crippen molar-refractivity contribution in [2.24, 2.45) is 5.92 Å². The minimum Gasteiger partial charge on any atom is -0.396 e. The van der Waals surface area contributed by atoms with E-state index in [0.29, 0.717) is 10.8 Å². The number of hydrogen-bond donors (Lipinski definition) is 2. The molecule has 0 aliphatic carbocycles. The number of aromatic amines is 1. The van der Waals surface area contributed by atoms with Crippen molar-refractivity contribution in [3.63, 3.8) is 0 Å². The molecule has 1 aromatic heterocycles. The summed E-state index contributed by atoms with van der Waals surface area (Å²) in [6, 6.07) is 12.2. The maximum absolute atomic E-state index is 13.4. The molecular weight excluding hydrogens is 381 g/mol. The quantitative estimate of drug-likeness (QED) is 0.682. The van der Waals surface area contributed by atoms with E-state index >= 15 is 0 Å². The highest BCUT2D eigenvalue weighted by atomic mass is 19.4. The van der Waals surface area contributed by atoms with Crippen LogP contribution in [0.4, 0.5) is 18.9 Å². The number of pyridine rings is 1. The zero-order chi connectivity index (χ0) is 20.6. The minimum absolute atomic E-state index is 0.0510. The van der Waals surface area contributed by atoms with Crippen LogP contribution in [0.1, 0.15) is 18.4 Å². The van der Waals surface area contributed by atoms with Crippen molar-refractivity contribution >= 4 is 16.5 Å². The summed E-state index contributed by atoms with van der Waals surface area (Å²) in [5, 5.41) is 10.4. The van der Waals surface area contributed by atoms with Gasteiger partial charge in [0, 0.05) is 42.0 Å². The van der Waals surface area contributed by atoms with Crippen LogP contribution in [-0.4, -0.2) is 29.8 Å². The lowest BCUT2D eigenvalue weighted by molar-refractivity contribution is -0.137. The van der Waals surface area contributed by atoms with Crippen LogP contribution in [0.2, 0.25) is 0 Å². The molecule has 1 fully saturated rings. The molecule has 1 aliphatic heterocycles. The Balaban J connectivity index is 1.76. The molecule has 0 amide bonds. The number of H-pyrrole nitrogens is 1.